The Morgan fingerprint density at radius 3 is 2.90 bits per heavy atom. The number of nitrogens with one attached hydrogen (secondary N) is 3. The first-order valence-corrected chi connectivity index (χ1v) is 13.7. The molecule has 2 aliphatic rings. The van der Waals surface area contributed by atoms with Crippen LogP contribution in [0.15, 0.2) is 18.2 Å². The van der Waals surface area contributed by atoms with E-state index in [-0.39, 0.29) is 17.7 Å². The van der Waals surface area contributed by atoms with Crippen LogP contribution in [-0.2, 0) is 9.59 Å². The van der Waals surface area contributed by atoms with Gasteiger partial charge >= 0.3 is 0 Å². The maximum Gasteiger partial charge on any atom is 0.254 e. The molecule has 6 nitrogen and oxygen atoms in total. The molecule has 158 valence electrons. The molecule has 29 heavy (non-hydrogen) atoms. The first kappa shape index (κ1) is 22.4. The number of benzene rings is 1. The van der Waals surface area contributed by atoms with Crippen LogP contribution in [0.4, 0.5) is 11.4 Å². The summed E-state index contributed by atoms with van der Waals surface area (Å²) >= 11 is 1.63. The third-order valence-electron chi connectivity index (χ3n) is 4.95. The molecule has 0 radical (unpaired) electrons. The average molecular weight is 454 g/mol. The van der Waals surface area contributed by atoms with Crippen molar-refractivity contribution in [1.29, 1.82) is 0 Å². The van der Waals surface area contributed by atoms with Gasteiger partial charge in [-0.2, -0.15) is 11.8 Å². The lowest BCUT2D eigenvalue weighted by atomic mass is 10.1. The zero-order valence-electron chi connectivity index (χ0n) is 16.5. The number of hydrogen-bond acceptors (Lipinski definition) is 6. The molecule has 9 heteroatoms. The lowest BCUT2D eigenvalue weighted by Crippen LogP contribution is -2.41. The van der Waals surface area contributed by atoms with Crippen molar-refractivity contribution in [1.82, 2.24) is 5.32 Å². The summed E-state index contributed by atoms with van der Waals surface area (Å²) in [4.78, 5) is 37.2. The molecule has 1 fully saturated rings. The van der Waals surface area contributed by atoms with Crippen LogP contribution < -0.4 is 16.0 Å². The molecule has 1 saturated heterocycles. The van der Waals surface area contributed by atoms with Crippen molar-refractivity contribution >= 4 is 62.4 Å². The zero-order chi connectivity index (χ0) is 20.6. The largest absolute Gasteiger partial charge is 0.340 e. The van der Waals surface area contributed by atoms with Gasteiger partial charge in [0.25, 0.3) is 5.91 Å². The highest BCUT2D eigenvalue weighted by molar-refractivity contribution is 8.77. The smallest absolute Gasteiger partial charge is 0.254 e. The summed E-state index contributed by atoms with van der Waals surface area (Å²) < 4.78 is 0. The van der Waals surface area contributed by atoms with Gasteiger partial charge in [0.15, 0.2) is 0 Å². The molecule has 0 saturated carbocycles. The van der Waals surface area contributed by atoms with Gasteiger partial charge in [-0.1, -0.05) is 28.0 Å². The summed E-state index contributed by atoms with van der Waals surface area (Å²) in [5.74, 6) is 1.47. The number of carbonyl (C=O) groups is 3. The number of carbonyl (C=O) groups excluding carboxylic acids is 3. The van der Waals surface area contributed by atoms with Gasteiger partial charge in [-0.15, -0.1) is 0 Å². The van der Waals surface area contributed by atoms with Gasteiger partial charge in [0.05, 0.1) is 11.3 Å². The third kappa shape index (κ3) is 6.58. The Bertz CT molecular complexity index is 754. The minimum atomic E-state index is -0.545. The Morgan fingerprint density at radius 2 is 2.14 bits per heavy atom. The number of hydrogen-bond donors (Lipinski definition) is 3. The van der Waals surface area contributed by atoms with Gasteiger partial charge < -0.3 is 16.0 Å². The van der Waals surface area contributed by atoms with Crippen LogP contribution in [0.25, 0.3) is 0 Å². The van der Waals surface area contributed by atoms with Crippen LogP contribution in [0.3, 0.4) is 0 Å². The lowest BCUT2D eigenvalue weighted by molar-refractivity contribution is -0.118. The minimum Gasteiger partial charge on any atom is -0.340 e. The molecule has 0 bridgehead atoms. The van der Waals surface area contributed by atoms with Crippen LogP contribution in [0.5, 0.6) is 0 Å². The third-order valence-corrected chi connectivity index (χ3v) is 8.60. The summed E-state index contributed by atoms with van der Waals surface area (Å²) in [6.45, 7) is 0. The lowest BCUT2D eigenvalue weighted by Gasteiger charge is -2.13. The molecular weight excluding hydrogens is 426 g/mol. The summed E-state index contributed by atoms with van der Waals surface area (Å²) in [5, 5.41) is 9.21. The minimum absolute atomic E-state index is 0.0469. The second-order valence-corrected chi connectivity index (χ2v) is 11.0. The number of amides is 3. The summed E-state index contributed by atoms with van der Waals surface area (Å²) in [6.07, 6.45) is 7.38. The molecule has 0 aromatic heterocycles. The molecule has 2 atom stereocenters. The Balaban J connectivity index is 1.52. The van der Waals surface area contributed by atoms with E-state index in [4.69, 9.17) is 0 Å². The van der Waals surface area contributed by atoms with Gasteiger partial charge in [0.2, 0.25) is 11.8 Å². The molecule has 3 amide bonds. The number of thioether (sulfide) groups is 1. The highest BCUT2D eigenvalue weighted by Gasteiger charge is 2.27. The Hall–Kier alpha value is -1.32. The van der Waals surface area contributed by atoms with E-state index in [9.17, 15) is 14.4 Å². The van der Waals surface area contributed by atoms with E-state index in [1.165, 1.54) is 18.6 Å². The predicted molar refractivity (Wildman–Crippen MR) is 125 cm³/mol. The van der Waals surface area contributed by atoms with Crippen molar-refractivity contribution in [3.8, 4) is 0 Å². The summed E-state index contributed by atoms with van der Waals surface area (Å²) in [6, 6.07) is 4.48. The van der Waals surface area contributed by atoms with Crippen molar-refractivity contribution in [3.05, 3.63) is 23.8 Å². The molecule has 2 aliphatic heterocycles. The standard InChI is InChI=1S/C20H27N3O3S3/c1-27-10-9-17-20(26)22-16-7-6-13(12-15(16)19(25)23-17)21-18(24)5-3-2-4-14-8-11-28-29-14/h6-7,12,14,17H,2-5,8-11H2,1H3,(H,21,24)(H,22,26)(H,23,25). The van der Waals surface area contributed by atoms with E-state index < -0.39 is 6.04 Å². The van der Waals surface area contributed by atoms with Gasteiger partial charge in [-0.25, -0.2) is 0 Å². The number of rotatable bonds is 9. The van der Waals surface area contributed by atoms with E-state index in [0.29, 0.717) is 29.8 Å². The number of fused-ring (bicyclic) bond motifs is 1. The number of unbranched alkanes of at least 4 members (excludes halogenated alkanes) is 1. The first-order valence-electron chi connectivity index (χ1n) is 9.89. The monoisotopic (exact) mass is 453 g/mol. The number of anilines is 2. The van der Waals surface area contributed by atoms with Gasteiger partial charge in [-0.3, -0.25) is 14.4 Å². The van der Waals surface area contributed by atoms with E-state index >= 15 is 0 Å². The highest BCUT2D eigenvalue weighted by atomic mass is 33.1. The van der Waals surface area contributed by atoms with E-state index in [1.54, 1.807) is 30.0 Å². The Labute approximate surface area is 183 Å². The fraction of sp³-hybridized carbons (Fsp3) is 0.550. The van der Waals surface area contributed by atoms with Gasteiger partial charge in [0, 0.05) is 23.1 Å². The maximum absolute atomic E-state index is 12.6. The second kappa shape index (κ2) is 11.2. The predicted octanol–water partition coefficient (Wildman–Crippen LogP) is 4.14. The molecule has 0 spiro atoms. The topological polar surface area (TPSA) is 87.3 Å². The van der Waals surface area contributed by atoms with E-state index in [2.05, 4.69) is 16.0 Å². The fourth-order valence-corrected chi connectivity index (χ4v) is 6.82. The van der Waals surface area contributed by atoms with E-state index in [1.807, 2.05) is 27.8 Å². The van der Waals surface area contributed by atoms with Crippen molar-refractivity contribution in [2.45, 2.75) is 49.8 Å². The fourth-order valence-electron chi connectivity index (χ4n) is 3.32. The van der Waals surface area contributed by atoms with Crippen molar-refractivity contribution < 1.29 is 14.4 Å². The first-order chi connectivity index (χ1) is 14.1. The Morgan fingerprint density at radius 1 is 1.28 bits per heavy atom. The molecule has 3 rings (SSSR count). The second-order valence-electron chi connectivity index (χ2n) is 7.18. The quantitative estimate of drug-likeness (QED) is 0.385. The SMILES string of the molecule is CSCCC1NC(=O)c2cc(NC(=O)CCCCC3CCSS3)ccc2NC1=O. The molecule has 2 unspecified atom stereocenters. The van der Waals surface area contributed by atoms with Crippen LogP contribution in [0.1, 0.15) is 48.9 Å². The highest BCUT2D eigenvalue weighted by Crippen LogP contribution is 2.39. The Kier molecular flexibility index (Phi) is 8.62. The van der Waals surface area contributed by atoms with Crippen LogP contribution >= 0.6 is 33.3 Å². The molecule has 1 aromatic rings. The van der Waals surface area contributed by atoms with Crippen molar-refractivity contribution in [3.63, 3.8) is 0 Å². The van der Waals surface area contributed by atoms with Crippen LogP contribution in [-0.4, -0.2) is 46.8 Å². The molecular formula is C20H27N3O3S3. The van der Waals surface area contributed by atoms with E-state index in [0.717, 1.165) is 23.8 Å². The summed E-state index contributed by atoms with van der Waals surface area (Å²) in [7, 11) is 3.91. The molecule has 3 N–H and O–H groups in total. The molecule has 2 heterocycles. The van der Waals surface area contributed by atoms with Crippen LogP contribution in [0.2, 0.25) is 0 Å². The molecule has 1 aromatic carbocycles. The van der Waals surface area contributed by atoms with Crippen molar-refractivity contribution in [2.24, 2.45) is 0 Å². The molecule has 0 aliphatic carbocycles. The maximum atomic E-state index is 12.6. The zero-order valence-corrected chi connectivity index (χ0v) is 18.9. The summed E-state index contributed by atoms with van der Waals surface area (Å²) in [5.41, 5.74) is 1.42. The van der Waals surface area contributed by atoms with Gasteiger partial charge in [0.1, 0.15) is 6.04 Å². The average Bonchev–Trinajstić information content (AvgIpc) is 3.19. The van der Waals surface area contributed by atoms with Crippen LogP contribution in [0, 0.1) is 0 Å². The normalized spacial score (nSPS) is 21.1. The van der Waals surface area contributed by atoms with Gasteiger partial charge in [-0.05, 0) is 55.9 Å². The van der Waals surface area contributed by atoms with Crippen molar-refractivity contribution in [2.75, 3.05) is 28.4 Å².